The fraction of sp³-hybridized carbons (Fsp3) is 0.250. The molecule has 3 aromatic carbocycles. The average Bonchev–Trinajstić information content (AvgIpc) is 1.60. The Morgan fingerprint density at radius 1 is 0.485 bits per heavy atom. The van der Waals surface area contributed by atoms with Crippen LogP contribution in [0.25, 0.3) is 78.9 Å². The molecule has 0 saturated carbocycles. The van der Waals surface area contributed by atoms with E-state index in [9.17, 15) is 36.3 Å². The van der Waals surface area contributed by atoms with E-state index in [1.54, 1.807) is 112 Å². The van der Waals surface area contributed by atoms with Crippen molar-refractivity contribution in [2.24, 2.45) is 0 Å². The number of carbonyl (C=O) groups is 3. The molecule has 26 nitrogen and oxygen atoms in total. The SMILES string of the molecule is CCOCCC1(C)C(=O)Nc2nc(-c3nn(Cc4ccccc4F)c4ncc(F)cc34)nnc21.CCOc1ccc(-c2nc(-c3nn(Cc4ccccc4F)c4ncccc34)nc3c2C(C)(C)C(=O)N3)cn1.Cc1cccc(Cn2nc(-c3nnc4c(n3)NC(=O)C4(C)C)c3cc(F)cnc32)c1F. The smallest absolute Gasteiger partial charge is 0.237 e. The Morgan fingerprint density at radius 3 is 1.61 bits per heavy atom. The molecule has 3 aliphatic rings. The van der Waals surface area contributed by atoms with Crippen LogP contribution in [0, 0.1) is 36.0 Å². The summed E-state index contributed by atoms with van der Waals surface area (Å²) in [4.78, 5) is 73.5. The topological polar surface area (TPSA) is 314 Å². The van der Waals surface area contributed by atoms with Crippen LogP contribution in [-0.4, -0.2) is 127 Å². The van der Waals surface area contributed by atoms with Gasteiger partial charge >= 0.3 is 0 Å². The fourth-order valence-electron chi connectivity index (χ4n) is 12.3. The van der Waals surface area contributed by atoms with Crippen molar-refractivity contribution in [3.63, 3.8) is 0 Å². The number of aromatic nitrogens is 18. The van der Waals surface area contributed by atoms with Crippen LogP contribution < -0.4 is 20.7 Å². The summed E-state index contributed by atoms with van der Waals surface area (Å²) in [6.45, 7) is 16.1. The quantitative estimate of drug-likeness (QED) is 0.0598. The highest BCUT2D eigenvalue weighted by molar-refractivity contribution is 6.08. The normalized spacial score (nSPS) is 15.3. The van der Waals surface area contributed by atoms with E-state index in [1.807, 2.05) is 39.8 Å². The van der Waals surface area contributed by atoms with Crippen molar-refractivity contribution in [3.05, 3.63) is 196 Å². The molecule has 0 aliphatic carbocycles. The molecule has 10 aromatic heterocycles. The predicted octanol–water partition coefficient (Wildman–Crippen LogP) is 11.2. The van der Waals surface area contributed by atoms with Gasteiger partial charge in [0.1, 0.15) is 63.4 Å². The van der Waals surface area contributed by atoms with E-state index >= 15 is 0 Å². The molecule has 3 N–H and O–H groups in total. The zero-order valence-electron chi connectivity index (χ0n) is 56.6. The lowest BCUT2D eigenvalue weighted by Crippen LogP contribution is -2.33. The maximum absolute atomic E-state index is 14.5. The summed E-state index contributed by atoms with van der Waals surface area (Å²) in [5.41, 5.74) is 4.21. The zero-order valence-corrected chi connectivity index (χ0v) is 56.6. The molecule has 0 radical (unpaired) electrons. The second-order valence-corrected chi connectivity index (χ2v) is 25.7. The molecule has 3 amide bonds. The molecular weight excluding hydrogens is 1330 g/mol. The summed E-state index contributed by atoms with van der Waals surface area (Å²) in [7, 11) is 0. The van der Waals surface area contributed by atoms with E-state index in [-0.39, 0.29) is 89.5 Å². The molecule has 16 rings (SSSR count). The van der Waals surface area contributed by atoms with Crippen molar-refractivity contribution < 1.29 is 45.8 Å². The van der Waals surface area contributed by atoms with Crippen molar-refractivity contribution in [3.8, 4) is 51.7 Å². The van der Waals surface area contributed by atoms with Gasteiger partial charge in [-0.2, -0.15) is 15.3 Å². The summed E-state index contributed by atoms with van der Waals surface area (Å²) in [5, 5.41) is 40.3. The molecule has 0 saturated heterocycles. The Balaban J connectivity index is 0.000000131. The number of halogens is 5. The number of rotatable bonds is 16. The van der Waals surface area contributed by atoms with Crippen LogP contribution in [0.15, 0.2) is 128 Å². The number of benzene rings is 3. The first kappa shape index (κ1) is 67.8. The Morgan fingerprint density at radius 2 is 1.02 bits per heavy atom. The highest BCUT2D eigenvalue weighted by Gasteiger charge is 2.47. The van der Waals surface area contributed by atoms with Gasteiger partial charge in [-0.15, -0.1) is 20.4 Å². The van der Waals surface area contributed by atoms with Crippen LogP contribution in [0.2, 0.25) is 0 Å². The summed E-state index contributed by atoms with van der Waals surface area (Å²) < 4.78 is 86.7. The van der Waals surface area contributed by atoms with Gasteiger partial charge in [0, 0.05) is 59.5 Å². The molecule has 0 bridgehead atoms. The van der Waals surface area contributed by atoms with E-state index in [4.69, 9.17) is 24.5 Å². The molecule has 3 aliphatic heterocycles. The Labute approximate surface area is 582 Å². The van der Waals surface area contributed by atoms with Gasteiger partial charge in [0.25, 0.3) is 0 Å². The second kappa shape index (κ2) is 26.9. The van der Waals surface area contributed by atoms with Crippen molar-refractivity contribution in [2.75, 3.05) is 35.8 Å². The van der Waals surface area contributed by atoms with Gasteiger partial charge < -0.3 is 25.4 Å². The van der Waals surface area contributed by atoms with E-state index in [2.05, 4.69) is 76.4 Å². The summed E-state index contributed by atoms with van der Waals surface area (Å²) >= 11 is 0. The number of nitrogens with zero attached hydrogens (tertiary/aromatic N) is 18. The highest BCUT2D eigenvalue weighted by atomic mass is 19.1. The Bertz CT molecular complexity index is 5550. The third kappa shape index (κ3) is 12.6. The number of anilines is 3. The summed E-state index contributed by atoms with van der Waals surface area (Å²) in [6.07, 6.45) is 5.89. The first-order chi connectivity index (χ1) is 49.5. The third-order valence-electron chi connectivity index (χ3n) is 18.0. The molecule has 520 valence electrons. The van der Waals surface area contributed by atoms with E-state index in [1.165, 1.54) is 33.6 Å². The van der Waals surface area contributed by atoms with Crippen molar-refractivity contribution in [1.82, 2.24) is 89.6 Å². The van der Waals surface area contributed by atoms with Gasteiger partial charge in [-0.3, -0.25) is 14.4 Å². The van der Waals surface area contributed by atoms with Crippen LogP contribution >= 0.6 is 0 Å². The van der Waals surface area contributed by atoms with Gasteiger partial charge in [-0.05, 0) is 110 Å². The number of hydrogen-bond acceptors (Lipinski definition) is 20. The van der Waals surface area contributed by atoms with Crippen LogP contribution in [0.5, 0.6) is 5.88 Å². The van der Waals surface area contributed by atoms with Gasteiger partial charge in [0.2, 0.25) is 35.3 Å². The number of hydrogen-bond donors (Lipinski definition) is 3. The second-order valence-electron chi connectivity index (χ2n) is 25.7. The van der Waals surface area contributed by atoms with Gasteiger partial charge in [-0.25, -0.2) is 75.9 Å². The fourth-order valence-corrected chi connectivity index (χ4v) is 12.3. The average molecular weight is 1400 g/mol. The Hall–Kier alpha value is -12.4. The number of amides is 3. The maximum atomic E-state index is 14.5. The molecule has 13 heterocycles. The lowest BCUT2D eigenvalue weighted by atomic mass is 9.84. The van der Waals surface area contributed by atoms with E-state index in [0.717, 1.165) is 12.4 Å². The molecule has 13 aromatic rings. The van der Waals surface area contributed by atoms with Crippen LogP contribution in [0.1, 0.15) is 94.1 Å². The van der Waals surface area contributed by atoms with E-state index < -0.39 is 27.9 Å². The van der Waals surface area contributed by atoms with Crippen LogP contribution in [0.3, 0.4) is 0 Å². The number of nitrogens with one attached hydrogen (secondary N) is 3. The first-order valence-corrected chi connectivity index (χ1v) is 32.6. The van der Waals surface area contributed by atoms with Gasteiger partial charge in [0.05, 0.1) is 76.7 Å². The lowest BCUT2D eigenvalue weighted by Gasteiger charge is -2.19. The molecule has 1 unspecified atom stereocenters. The highest BCUT2D eigenvalue weighted by Crippen LogP contribution is 2.44. The molecule has 1 atom stereocenters. The number of fused-ring (bicyclic) bond motifs is 6. The molecule has 0 fully saturated rings. The first-order valence-electron chi connectivity index (χ1n) is 32.6. The third-order valence-corrected chi connectivity index (χ3v) is 18.0. The minimum atomic E-state index is -0.928. The molecular formula is C72H62F5N21O5. The largest absolute Gasteiger partial charge is 0.478 e. The van der Waals surface area contributed by atoms with Crippen molar-refractivity contribution >= 4 is 68.3 Å². The van der Waals surface area contributed by atoms with Gasteiger partial charge in [0.15, 0.2) is 34.4 Å². The maximum Gasteiger partial charge on any atom is 0.237 e. The van der Waals surface area contributed by atoms with Crippen LogP contribution in [-0.2, 0) is 55.0 Å². The standard InChI is InChI=1S/C28H24FN7O2.C23H21F2N7O2.C21H17F2N7O/c1-4-38-20-12-11-16(14-31-20)22-21-24(34-27(37)28(21,2)3)33-25(32-22)23-18-9-7-13-30-26(18)36(35-23)15-17-8-5-6-10-19(17)29;1-3-34-9-8-23(2)18-20(28-22(23)33)27-19(30-29-18)17-15-10-14(24)11-26-21(15)32(31-17)12-13-6-4-5-7-16(13)25;1-10-5-4-6-11(14(10)23)9-30-19-13(7-12(22)8-24-19)15(29-30)17-25-18-16(27-28-17)21(2,3)20(31)26-18/h5-14H,4,15H2,1-3H3,(H,32,33,34,37);4-7,10-11H,3,8-9,12H2,1-2H3,(H,27,28,30,33);4-8H,9H2,1-3H3,(H,25,26,28,31). The predicted molar refractivity (Wildman–Crippen MR) is 367 cm³/mol. The monoisotopic (exact) mass is 1400 g/mol. The molecule has 103 heavy (non-hydrogen) atoms. The summed E-state index contributed by atoms with van der Waals surface area (Å²) in [6, 6.07) is 27.8. The number of ether oxygens (including phenoxy) is 2. The summed E-state index contributed by atoms with van der Waals surface area (Å²) in [5.74, 6) is -0.817. The number of aryl methyl sites for hydroxylation is 1. The lowest BCUT2D eigenvalue weighted by molar-refractivity contribution is -0.121. The van der Waals surface area contributed by atoms with E-state index in [0.29, 0.717) is 133 Å². The van der Waals surface area contributed by atoms with Crippen molar-refractivity contribution in [1.29, 1.82) is 0 Å². The molecule has 0 spiro atoms. The minimum absolute atomic E-state index is 0.0758. The molecule has 31 heteroatoms. The van der Waals surface area contributed by atoms with Gasteiger partial charge in [-0.1, -0.05) is 54.6 Å². The minimum Gasteiger partial charge on any atom is -0.478 e. The Kier molecular flexibility index (Phi) is 17.7. The number of pyridine rings is 4. The van der Waals surface area contributed by atoms with Crippen LogP contribution in [0.4, 0.5) is 39.4 Å². The number of carbonyl (C=O) groups excluding carboxylic acids is 3. The van der Waals surface area contributed by atoms with Crippen molar-refractivity contribution in [2.45, 2.75) is 97.7 Å². The zero-order chi connectivity index (χ0) is 72.2.